The molecule has 13 heavy (non-hydrogen) atoms. The largest absolute Gasteiger partial charge is 0.298 e. The van der Waals surface area contributed by atoms with E-state index >= 15 is 0 Å². The molecule has 0 fully saturated rings. The van der Waals surface area contributed by atoms with Gasteiger partial charge in [0.2, 0.25) is 0 Å². The van der Waals surface area contributed by atoms with Crippen molar-refractivity contribution < 1.29 is 4.79 Å². The first-order valence-electron chi connectivity index (χ1n) is 4.52. The van der Waals surface area contributed by atoms with Gasteiger partial charge in [0.1, 0.15) is 6.29 Å². The highest BCUT2D eigenvalue weighted by Crippen LogP contribution is 2.09. The van der Waals surface area contributed by atoms with Crippen molar-refractivity contribution in [2.75, 3.05) is 0 Å². The van der Waals surface area contributed by atoms with Gasteiger partial charge in [0.05, 0.1) is 0 Å². The third-order valence-electron chi connectivity index (χ3n) is 2.04. The molecule has 1 aromatic carbocycles. The van der Waals surface area contributed by atoms with E-state index in [1.807, 2.05) is 30.3 Å². The van der Waals surface area contributed by atoms with E-state index in [2.05, 4.69) is 6.58 Å². The lowest BCUT2D eigenvalue weighted by molar-refractivity contribution is 0.112. The summed E-state index contributed by atoms with van der Waals surface area (Å²) < 4.78 is 0. The van der Waals surface area contributed by atoms with E-state index < -0.39 is 0 Å². The molecule has 0 spiro atoms. The summed E-state index contributed by atoms with van der Waals surface area (Å²) in [5.41, 5.74) is 1.95. The zero-order valence-corrected chi connectivity index (χ0v) is 7.70. The summed E-state index contributed by atoms with van der Waals surface area (Å²) in [7, 11) is 0. The quantitative estimate of drug-likeness (QED) is 0.381. The van der Waals surface area contributed by atoms with Crippen molar-refractivity contribution in [3.8, 4) is 0 Å². The second-order valence-electron chi connectivity index (χ2n) is 3.00. The highest BCUT2D eigenvalue weighted by atomic mass is 16.1. The lowest BCUT2D eigenvalue weighted by Gasteiger charge is -2.02. The summed E-state index contributed by atoms with van der Waals surface area (Å²) in [6.45, 7) is 3.66. The number of rotatable bonds is 5. The third kappa shape index (κ3) is 2.86. The van der Waals surface area contributed by atoms with Crippen LogP contribution in [0.5, 0.6) is 0 Å². The zero-order chi connectivity index (χ0) is 9.52. The van der Waals surface area contributed by atoms with Crippen LogP contribution in [0.25, 0.3) is 0 Å². The van der Waals surface area contributed by atoms with Gasteiger partial charge in [0.25, 0.3) is 0 Å². The van der Waals surface area contributed by atoms with Gasteiger partial charge in [0.15, 0.2) is 0 Å². The van der Waals surface area contributed by atoms with Gasteiger partial charge in [-0.25, -0.2) is 0 Å². The van der Waals surface area contributed by atoms with Crippen molar-refractivity contribution in [1.82, 2.24) is 0 Å². The number of hydrogen-bond donors (Lipinski definition) is 0. The van der Waals surface area contributed by atoms with Crippen LogP contribution in [0.3, 0.4) is 0 Å². The van der Waals surface area contributed by atoms with E-state index in [-0.39, 0.29) is 0 Å². The average Bonchev–Trinajstić information content (AvgIpc) is 2.19. The molecule has 0 aromatic heterocycles. The summed E-state index contributed by atoms with van der Waals surface area (Å²) in [6.07, 6.45) is 5.86. The second-order valence-corrected chi connectivity index (χ2v) is 3.00. The number of hydrogen-bond acceptors (Lipinski definition) is 1. The van der Waals surface area contributed by atoms with E-state index in [4.69, 9.17) is 0 Å². The number of benzene rings is 1. The normalized spacial score (nSPS) is 9.54. The molecule has 1 aromatic rings. The molecule has 0 amide bonds. The van der Waals surface area contributed by atoms with Crippen molar-refractivity contribution in [2.24, 2.45) is 0 Å². The van der Waals surface area contributed by atoms with E-state index in [1.165, 1.54) is 0 Å². The Morgan fingerprint density at radius 3 is 2.77 bits per heavy atom. The zero-order valence-electron chi connectivity index (χ0n) is 7.70. The van der Waals surface area contributed by atoms with Gasteiger partial charge >= 0.3 is 0 Å². The molecular formula is C12H14O. The lowest BCUT2D eigenvalue weighted by atomic mass is 10.0. The fourth-order valence-electron chi connectivity index (χ4n) is 1.31. The molecular weight excluding hydrogens is 160 g/mol. The summed E-state index contributed by atoms with van der Waals surface area (Å²) in [4.78, 5) is 10.6. The molecule has 1 rings (SSSR count). The van der Waals surface area contributed by atoms with Crippen molar-refractivity contribution in [2.45, 2.75) is 19.3 Å². The number of carbonyl (C=O) groups excluding carboxylic acids is 1. The van der Waals surface area contributed by atoms with E-state index in [0.717, 1.165) is 36.7 Å². The summed E-state index contributed by atoms with van der Waals surface area (Å²) in [6, 6.07) is 7.72. The second kappa shape index (κ2) is 5.31. The highest BCUT2D eigenvalue weighted by molar-refractivity contribution is 5.77. The number of aldehydes is 1. The predicted octanol–water partition coefficient (Wildman–Crippen LogP) is 3.01. The van der Waals surface area contributed by atoms with Crippen LogP contribution >= 0.6 is 0 Å². The fraction of sp³-hybridized carbons (Fsp3) is 0.250. The minimum Gasteiger partial charge on any atom is -0.298 e. The number of unbranched alkanes of at least 4 members (excludes halogenated alkanes) is 1. The molecule has 0 atom stereocenters. The molecule has 0 radical (unpaired) electrons. The lowest BCUT2D eigenvalue weighted by Crippen LogP contribution is -1.91. The first-order valence-corrected chi connectivity index (χ1v) is 4.52. The van der Waals surface area contributed by atoms with Crippen LogP contribution in [-0.4, -0.2) is 6.29 Å². The van der Waals surface area contributed by atoms with Crippen LogP contribution in [0.4, 0.5) is 0 Å². The topological polar surface area (TPSA) is 17.1 Å². The minimum atomic E-state index is 0.812. The van der Waals surface area contributed by atoms with Crippen LogP contribution in [0.2, 0.25) is 0 Å². The molecule has 0 aliphatic heterocycles. The molecule has 0 bridgehead atoms. The van der Waals surface area contributed by atoms with Crippen LogP contribution in [0.1, 0.15) is 28.8 Å². The molecule has 0 aliphatic carbocycles. The van der Waals surface area contributed by atoms with Crippen molar-refractivity contribution in [1.29, 1.82) is 0 Å². The molecule has 0 N–H and O–H groups in total. The van der Waals surface area contributed by atoms with Crippen LogP contribution in [0.15, 0.2) is 36.9 Å². The molecule has 0 unspecified atom stereocenters. The van der Waals surface area contributed by atoms with Gasteiger partial charge in [-0.1, -0.05) is 30.3 Å². The third-order valence-corrected chi connectivity index (χ3v) is 2.04. The smallest absolute Gasteiger partial charge is 0.150 e. The SMILES string of the molecule is C=CCCCc1ccccc1C=O. The van der Waals surface area contributed by atoms with Gasteiger partial charge in [-0.3, -0.25) is 4.79 Å². The monoisotopic (exact) mass is 174 g/mol. The highest BCUT2D eigenvalue weighted by Gasteiger charge is 1.98. The van der Waals surface area contributed by atoms with Crippen LogP contribution in [-0.2, 0) is 6.42 Å². The van der Waals surface area contributed by atoms with E-state index in [1.54, 1.807) is 0 Å². The molecule has 1 heteroatoms. The minimum absolute atomic E-state index is 0.812. The first kappa shape index (κ1) is 9.72. The summed E-state index contributed by atoms with van der Waals surface area (Å²) in [5.74, 6) is 0. The Balaban J connectivity index is 2.63. The van der Waals surface area contributed by atoms with Crippen molar-refractivity contribution >= 4 is 6.29 Å². The number of carbonyl (C=O) groups is 1. The van der Waals surface area contributed by atoms with Gasteiger partial charge in [-0.15, -0.1) is 6.58 Å². The number of aryl methyl sites for hydroxylation is 1. The molecule has 1 nitrogen and oxygen atoms in total. The Morgan fingerprint density at radius 1 is 1.31 bits per heavy atom. The first-order chi connectivity index (χ1) is 6.38. The van der Waals surface area contributed by atoms with Gasteiger partial charge in [-0.05, 0) is 24.8 Å². The Labute approximate surface area is 79.1 Å². The van der Waals surface area contributed by atoms with Gasteiger partial charge in [0, 0.05) is 5.56 Å². The Hall–Kier alpha value is -1.37. The average molecular weight is 174 g/mol. The van der Waals surface area contributed by atoms with E-state index in [9.17, 15) is 4.79 Å². The molecule has 0 saturated carbocycles. The predicted molar refractivity (Wildman–Crippen MR) is 55.0 cm³/mol. The molecule has 0 saturated heterocycles. The maximum Gasteiger partial charge on any atom is 0.150 e. The Morgan fingerprint density at radius 2 is 2.08 bits per heavy atom. The van der Waals surface area contributed by atoms with Crippen molar-refractivity contribution in [3.63, 3.8) is 0 Å². The Bertz CT molecular complexity index is 289. The van der Waals surface area contributed by atoms with E-state index in [0.29, 0.717) is 0 Å². The molecule has 68 valence electrons. The van der Waals surface area contributed by atoms with Gasteiger partial charge < -0.3 is 0 Å². The maximum atomic E-state index is 10.6. The molecule has 0 heterocycles. The summed E-state index contributed by atoms with van der Waals surface area (Å²) in [5, 5.41) is 0. The Kier molecular flexibility index (Phi) is 3.97. The summed E-state index contributed by atoms with van der Waals surface area (Å²) >= 11 is 0. The van der Waals surface area contributed by atoms with Crippen LogP contribution in [0, 0.1) is 0 Å². The fourth-order valence-corrected chi connectivity index (χ4v) is 1.31. The maximum absolute atomic E-state index is 10.6. The van der Waals surface area contributed by atoms with Gasteiger partial charge in [-0.2, -0.15) is 0 Å². The molecule has 0 aliphatic rings. The standard InChI is InChI=1S/C12H14O/c1-2-3-4-7-11-8-5-6-9-12(11)10-13/h2,5-6,8-10H,1,3-4,7H2. The van der Waals surface area contributed by atoms with Crippen LogP contribution < -0.4 is 0 Å². The van der Waals surface area contributed by atoms with Crippen molar-refractivity contribution in [3.05, 3.63) is 48.0 Å². The number of allylic oxidation sites excluding steroid dienone is 1.